The largest absolute Gasteiger partial charge is 0.493 e. The minimum Gasteiger partial charge on any atom is -0.493 e. The van der Waals surface area contributed by atoms with Gasteiger partial charge in [-0.1, -0.05) is 46.1 Å². The summed E-state index contributed by atoms with van der Waals surface area (Å²) in [5.74, 6) is 1.09. The van der Waals surface area contributed by atoms with Crippen LogP contribution in [-0.2, 0) is 20.7 Å². The predicted octanol–water partition coefficient (Wildman–Crippen LogP) is 4.38. The molecule has 1 aromatic carbocycles. The van der Waals surface area contributed by atoms with E-state index in [-0.39, 0.29) is 35.6 Å². The van der Waals surface area contributed by atoms with E-state index >= 15 is 0 Å². The maximum absolute atomic E-state index is 13.3. The van der Waals surface area contributed by atoms with Crippen LogP contribution >= 0.6 is 0 Å². The Morgan fingerprint density at radius 3 is 2.40 bits per heavy atom. The monoisotopic (exact) mass is 591 g/mol. The van der Waals surface area contributed by atoms with E-state index < -0.39 is 17.6 Å². The first-order valence-corrected chi connectivity index (χ1v) is 15.7. The van der Waals surface area contributed by atoms with Gasteiger partial charge < -0.3 is 35.7 Å². The summed E-state index contributed by atoms with van der Waals surface area (Å²) in [6.07, 6.45) is 6.29. The molecule has 0 radical (unpaired) electrons. The average molecular weight is 592 g/mol. The van der Waals surface area contributed by atoms with Crippen LogP contribution in [0.5, 0.6) is 11.5 Å². The van der Waals surface area contributed by atoms with Gasteiger partial charge in [-0.15, -0.1) is 0 Å². The number of carbonyl (C=O) groups is 2. The molecule has 240 valence electrons. The molecule has 5 N–H and O–H groups in total. The van der Waals surface area contributed by atoms with E-state index in [0.29, 0.717) is 37.7 Å². The van der Waals surface area contributed by atoms with Crippen LogP contribution < -0.4 is 25.8 Å². The second kappa shape index (κ2) is 17.1. The third kappa shape index (κ3) is 11.0. The van der Waals surface area contributed by atoms with E-state index in [9.17, 15) is 14.7 Å². The van der Waals surface area contributed by atoms with Gasteiger partial charge in [0.05, 0.1) is 25.4 Å². The lowest BCUT2D eigenvalue weighted by Gasteiger charge is -2.36. The van der Waals surface area contributed by atoms with Crippen molar-refractivity contribution < 1.29 is 28.9 Å². The molecule has 9 heteroatoms. The van der Waals surface area contributed by atoms with Crippen molar-refractivity contribution in [2.45, 2.75) is 110 Å². The summed E-state index contributed by atoms with van der Waals surface area (Å²) in [4.78, 5) is 25.1. The zero-order chi connectivity index (χ0) is 31.3. The number of ether oxygens (including phenoxy) is 3. The van der Waals surface area contributed by atoms with Gasteiger partial charge in [-0.25, -0.2) is 0 Å². The molecule has 1 aliphatic carbocycles. The summed E-state index contributed by atoms with van der Waals surface area (Å²) in [5, 5.41) is 17.5. The number of hydrogen-bond donors (Lipinski definition) is 4. The first kappa shape index (κ1) is 35.8. The minimum absolute atomic E-state index is 0.0272. The molecule has 42 heavy (non-hydrogen) atoms. The number of benzene rings is 1. The van der Waals surface area contributed by atoms with Gasteiger partial charge in [-0.05, 0) is 68.6 Å². The van der Waals surface area contributed by atoms with Crippen LogP contribution in [0.4, 0.5) is 0 Å². The van der Waals surface area contributed by atoms with Crippen molar-refractivity contribution in [2.75, 3.05) is 34.0 Å². The fourth-order valence-corrected chi connectivity index (χ4v) is 6.15. The second-order valence-electron chi connectivity index (χ2n) is 12.9. The number of aliphatic hydroxyl groups excluding tert-OH is 1. The molecule has 1 aliphatic rings. The summed E-state index contributed by atoms with van der Waals surface area (Å²) < 4.78 is 16.6. The average Bonchev–Trinajstić information content (AvgIpc) is 3.39. The number of methoxy groups -OCH3 is 2. The lowest BCUT2D eigenvalue weighted by atomic mass is 9.77. The van der Waals surface area contributed by atoms with Crippen molar-refractivity contribution in [2.24, 2.45) is 23.5 Å². The van der Waals surface area contributed by atoms with Gasteiger partial charge in [0.1, 0.15) is 0 Å². The van der Waals surface area contributed by atoms with Crippen molar-refractivity contribution in [3.8, 4) is 11.5 Å². The Morgan fingerprint density at radius 1 is 1.14 bits per heavy atom. The summed E-state index contributed by atoms with van der Waals surface area (Å²) in [5.41, 5.74) is 6.64. The maximum atomic E-state index is 13.3. The molecule has 0 bridgehead atoms. The highest BCUT2D eigenvalue weighted by Gasteiger charge is 2.38. The Labute approximate surface area is 253 Å². The van der Waals surface area contributed by atoms with E-state index in [0.717, 1.165) is 50.5 Å². The number of rotatable bonds is 19. The van der Waals surface area contributed by atoms with Crippen LogP contribution in [0.2, 0.25) is 0 Å². The highest BCUT2D eigenvalue weighted by Crippen LogP contribution is 2.33. The van der Waals surface area contributed by atoms with Crippen molar-refractivity contribution in [3.05, 3.63) is 23.8 Å². The molecule has 4 atom stereocenters. The molecular weight excluding hydrogens is 534 g/mol. The molecule has 2 amide bonds. The maximum Gasteiger partial charge on any atom is 0.223 e. The Hall–Kier alpha value is -2.36. The standard InChI is InChI=1S/C33H57N3O6/c1-8-25(18-26-12-13-28(41-7)29(19-26)42-17-11-16-40-6)21-32(5,34)30(38)20-27(23(2)3)31(39)35-22-33(36-24(4)37)14-9-10-15-33/h12-13,19,23,25,27,30,38H,8-11,14-18,20-22,34H2,1-7H3,(H,35,39)(H,36,37)/t25-,27-,30-,32-/m0/s1. The molecule has 0 spiro atoms. The van der Waals surface area contributed by atoms with Crippen molar-refractivity contribution in [1.82, 2.24) is 10.6 Å². The third-order valence-corrected chi connectivity index (χ3v) is 8.79. The van der Waals surface area contributed by atoms with E-state index in [4.69, 9.17) is 19.9 Å². The van der Waals surface area contributed by atoms with E-state index in [1.165, 1.54) is 6.92 Å². The van der Waals surface area contributed by atoms with Crippen LogP contribution in [-0.4, -0.2) is 68.1 Å². The fourth-order valence-electron chi connectivity index (χ4n) is 6.15. The SMILES string of the molecule is CC[C@@H](Cc1ccc(OC)c(OCCCOC)c1)C[C@](C)(N)[C@@H](O)C[C@H](C(=O)NCC1(NC(C)=O)CCCC1)C(C)C. The molecule has 0 aromatic heterocycles. The smallest absolute Gasteiger partial charge is 0.223 e. The van der Waals surface area contributed by atoms with Crippen LogP contribution in [0.15, 0.2) is 18.2 Å². The van der Waals surface area contributed by atoms with E-state index in [1.807, 2.05) is 39.0 Å². The molecule has 1 fully saturated rings. The van der Waals surface area contributed by atoms with Gasteiger partial charge in [-0.2, -0.15) is 0 Å². The highest BCUT2D eigenvalue weighted by molar-refractivity contribution is 5.79. The van der Waals surface area contributed by atoms with Crippen LogP contribution in [0.3, 0.4) is 0 Å². The normalized spacial score (nSPS) is 18.1. The number of nitrogens with two attached hydrogens (primary N) is 1. The summed E-state index contributed by atoms with van der Waals surface area (Å²) in [7, 11) is 3.31. The molecule has 0 heterocycles. The predicted molar refractivity (Wildman–Crippen MR) is 167 cm³/mol. The first-order chi connectivity index (χ1) is 19.9. The molecule has 2 rings (SSSR count). The zero-order valence-electron chi connectivity index (χ0n) is 27.1. The van der Waals surface area contributed by atoms with Gasteiger partial charge in [0.25, 0.3) is 0 Å². The van der Waals surface area contributed by atoms with Crippen LogP contribution in [0.25, 0.3) is 0 Å². The van der Waals surface area contributed by atoms with Gasteiger partial charge in [-0.3, -0.25) is 9.59 Å². The number of amides is 2. The Morgan fingerprint density at radius 2 is 1.83 bits per heavy atom. The minimum atomic E-state index is -0.872. The van der Waals surface area contributed by atoms with E-state index in [1.54, 1.807) is 14.2 Å². The Kier molecular flexibility index (Phi) is 14.6. The topological polar surface area (TPSA) is 132 Å². The number of nitrogens with one attached hydrogen (secondary N) is 2. The molecule has 1 aromatic rings. The van der Waals surface area contributed by atoms with Crippen molar-refractivity contribution in [3.63, 3.8) is 0 Å². The van der Waals surface area contributed by atoms with Gasteiger partial charge in [0.15, 0.2) is 11.5 Å². The summed E-state index contributed by atoms with van der Waals surface area (Å²) in [6.45, 7) is 11.1. The number of hydrogen-bond acceptors (Lipinski definition) is 7. The van der Waals surface area contributed by atoms with Gasteiger partial charge in [0.2, 0.25) is 11.8 Å². The number of aliphatic hydroxyl groups is 1. The third-order valence-electron chi connectivity index (χ3n) is 8.79. The summed E-state index contributed by atoms with van der Waals surface area (Å²) in [6, 6.07) is 6.00. The highest BCUT2D eigenvalue weighted by atomic mass is 16.5. The Balaban J connectivity index is 2.03. The lowest BCUT2D eigenvalue weighted by Crippen LogP contribution is -2.55. The molecule has 0 aliphatic heterocycles. The lowest BCUT2D eigenvalue weighted by molar-refractivity contribution is -0.129. The molecule has 0 unspecified atom stereocenters. The van der Waals surface area contributed by atoms with Crippen LogP contribution in [0.1, 0.15) is 91.5 Å². The molecule has 0 saturated heterocycles. The quantitative estimate of drug-likeness (QED) is 0.176. The summed E-state index contributed by atoms with van der Waals surface area (Å²) >= 11 is 0. The van der Waals surface area contributed by atoms with Gasteiger partial charge >= 0.3 is 0 Å². The van der Waals surface area contributed by atoms with Crippen LogP contribution in [0, 0.1) is 17.8 Å². The fraction of sp³-hybridized carbons (Fsp3) is 0.758. The molecule has 9 nitrogen and oxygen atoms in total. The first-order valence-electron chi connectivity index (χ1n) is 15.7. The second-order valence-corrected chi connectivity index (χ2v) is 12.9. The van der Waals surface area contributed by atoms with E-state index in [2.05, 4.69) is 17.6 Å². The van der Waals surface area contributed by atoms with Crippen molar-refractivity contribution in [1.29, 1.82) is 0 Å². The van der Waals surface area contributed by atoms with Gasteiger partial charge in [0, 0.05) is 45.1 Å². The number of carbonyl (C=O) groups excluding carboxylic acids is 2. The Bertz CT molecular complexity index is 977. The molecule has 1 saturated carbocycles. The molecular formula is C33H57N3O6. The zero-order valence-corrected chi connectivity index (χ0v) is 27.1. The van der Waals surface area contributed by atoms with Crippen molar-refractivity contribution >= 4 is 11.8 Å².